The molecule has 7 heteroatoms. The highest BCUT2D eigenvalue weighted by atomic mass is 16.4. The van der Waals surface area contributed by atoms with E-state index >= 15 is 0 Å². The molecule has 2 fully saturated rings. The smallest absolute Gasteiger partial charge is 0.352 e. The number of nitrogens with zero attached hydrogens (tertiary/aromatic N) is 2. The molecule has 0 aromatic rings. The molecule has 122 valence electrons. The minimum Gasteiger partial charge on any atom is -0.477 e. The first kappa shape index (κ1) is 15.5. The maximum Gasteiger partial charge on any atom is 0.352 e. The Morgan fingerprint density at radius 1 is 1.45 bits per heavy atom. The minimum atomic E-state index is -1.10. The van der Waals surface area contributed by atoms with Gasteiger partial charge in [0.1, 0.15) is 5.70 Å². The fourth-order valence-corrected chi connectivity index (χ4v) is 4.05. The van der Waals surface area contributed by atoms with E-state index < -0.39 is 18.0 Å². The van der Waals surface area contributed by atoms with Crippen LogP contribution in [0.25, 0.3) is 0 Å². The van der Waals surface area contributed by atoms with E-state index in [1.165, 1.54) is 4.90 Å². The first-order valence-electron chi connectivity index (χ1n) is 7.70. The molecule has 22 heavy (non-hydrogen) atoms. The van der Waals surface area contributed by atoms with Gasteiger partial charge in [0.05, 0.1) is 24.2 Å². The second kappa shape index (κ2) is 5.33. The van der Waals surface area contributed by atoms with Crippen molar-refractivity contribution in [2.24, 2.45) is 11.8 Å². The number of hydrogen-bond acceptors (Lipinski definition) is 5. The summed E-state index contributed by atoms with van der Waals surface area (Å²) in [6.45, 7) is 5.19. The number of β-lactam (4-membered cyclic amide) rings is 1. The number of likely N-dealkylation sites (tertiary alicyclic amines) is 1. The third-order valence-corrected chi connectivity index (χ3v) is 5.16. The van der Waals surface area contributed by atoms with Crippen LogP contribution in [0.1, 0.15) is 20.3 Å². The second-order valence-corrected chi connectivity index (χ2v) is 6.61. The summed E-state index contributed by atoms with van der Waals surface area (Å²) >= 11 is 0. The van der Waals surface area contributed by atoms with Crippen molar-refractivity contribution in [3.8, 4) is 0 Å². The van der Waals surface area contributed by atoms with E-state index in [1.54, 1.807) is 6.92 Å². The Labute approximate surface area is 128 Å². The van der Waals surface area contributed by atoms with Crippen LogP contribution in [0.2, 0.25) is 0 Å². The number of hydrogen-bond donors (Lipinski definition) is 3. The lowest BCUT2D eigenvalue weighted by atomic mass is 9.77. The number of rotatable bonds is 4. The standard InChI is InChI=1S/C15H22N2O5/c1-7-10(6-16-4-3-9(19)5-16)13(15(21)22)17-12(7)11(8(2)18)14(17)20/h7-9,11-12,18-19H,3-6H2,1-2H3,(H,21,22)/t7-,8+,9?,11?,12+/m0/s1. The average Bonchev–Trinajstić information content (AvgIpc) is 2.92. The number of aliphatic hydroxyl groups is 2. The topological polar surface area (TPSA) is 101 Å². The first-order chi connectivity index (χ1) is 10.3. The molecule has 3 N–H and O–H groups in total. The molecular weight excluding hydrogens is 288 g/mol. The molecule has 2 unspecified atom stereocenters. The number of carbonyl (C=O) groups is 2. The van der Waals surface area contributed by atoms with Crippen LogP contribution in [-0.4, -0.2) is 74.9 Å². The average molecular weight is 310 g/mol. The largest absolute Gasteiger partial charge is 0.477 e. The third-order valence-electron chi connectivity index (χ3n) is 5.16. The molecule has 3 heterocycles. The minimum absolute atomic E-state index is 0.0702. The van der Waals surface area contributed by atoms with Crippen LogP contribution in [0, 0.1) is 11.8 Å². The van der Waals surface area contributed by atoms with Crippen LogP contribution in [0.5, 0.6) is 0 Å². The zero-order valence-electron chi connectivity index (χ0n) is 12.8. The molecule has 0 spiro atoms. The molecule has 7 nitrogen and oxygen atoms in total. The van der Waals surface area contributed by atoms with Crippen molar-refractivity contribution < 1.29 is 24.9 Å². The van der Waals surface area contributed by atoms with Gasteiger partial charge in [0.25, 0.3) is 0 Å². The Morgan fingerprint density at radius 2 is 2.14 bits per heavy atom. The monoisotopic (exact) mass is 310 g/mol. The van der Waals surface area contributed by atoms with Crippen molar-refractivity contribution in [3.63, 3.8) is 0 Å². The Hall–Kier alpha value is -1.44. The van der Waals surface area contributed by atoms with Gasteiger partial charge in [-0.05, 0) is 18.9 Å². The van der Waals surface area contributed by atoms with Gasteiger partial charge < -0.3 is 20.2 Å². The molecule has 3 rings (SSSR count). The lowest BCUT2D eigenvalue weighted by molar-refractivity contribution is -0.163. The van der Waals surface area contributed by atoms with Crippen LogP contribution in [-0.2, 0) is 9.59 Å². The van der Waals surface area contributed by atoms with E-state index in [4.69, 9.17) is 0 Å². The zero-order chi connectivity index (χ0) is 16.2. The van der Waals surface area contributed by atoms with Crippen molar-refractivity contribution in [3.05, 3.63) is 11.3 Å². The maximum atomic E-state index is 12.2. The quantitative estimate of drug-likeness (QED) is 0.591. The van der Waals surface area contributed by atoms with Crippen molar-refractivity contribution in [1.82, 2.24) is 9.80 Å². The van der Waals surface area contributed by atoms with Crippen molar-refractivity contribution in [2.45, 2.75) is 38.5 Å². The molecule has 1 amide bonds. The van der Waals surface area contributed by atoms with Crippen LogP contribution in [0.15, 0.2) is 11.3 Å². The molecule has 0 saturated carbocycles. The van der Waals surface area contributed by atoms with Gasteiger partial charge in [0.15, 0.2) is 0 Å². The molecule has 0 aromatic carbocycles. The number of fused-ring (bicyclic) bond motifs is 1. The summed E-state index contributed by atoms with van der Waals surface area (Å²) in [7, 11) is 0. The number of carbonyl (C=O) groups excluding carboxylic acids is 1. The van der Waals surface area contributed by atoms with Gasteiger partial charge in [-0.15, -0.1) is 0 Å². The maximum absolute atomic E-state index is 12.2. The molecule has 5 atom stereocenters. The van der Waals surface area contributed by atoms with Crippen molar-refractivity contribution in [2.75, 3.05) is 19.6 Å². The van der Waals surface area contributed by atoms with Gasteiger partial charge >= 0.3 is 5.97 Å². The summed E-state index contributed by atoms with van der Waals surface area (Å²) < 4.78 is 0. The van der Waals surface area contributed by atoms with E-state index in [1.807, 2.05) is 11.8 Å². The number of β-amino-alcohol motifs (C(OH)–C–C–N with tert-alkyl or cyclic N) is 1. The summed E-state index contributed by atoms with van der Waals surface area (Å²) in [5.41, 5.74) is 0.795. The van der Waals surface area contributed by atoms with Gasteiger partial charge in [-0.2, -0.15) is 0 Å². The summed E-state index contributed by atoms with van der Waals surface area (Å²) in [6, 6.07) is -0.263. The molecule has 0 aromatic heterocycles. The molecule has 0 radical (unpaired) electrons. The fourth-order valence-electron chi connectivity index (χ4n) is 4.05. The number of carboxylic acid groups (broad SMARTS) is 1. The van der Waals surface area contributed by atoms with E-state index in [-0.39, 0.29) is 29.7 Å². The molecule has 3 aliphatic rings. The Kier molecular flexibility index (Phi) is 3.74. The number of carboxylic acids is 1. The summed E-state index contributed by atoms with van der Waals surface area (Å²) in [6.07, 6.45) is -0.458. The van der Waals surface area contributed by atoms with Crippen LogP contribution < -0.4 is 0 Å². The lowest BCUT2D eigenvalue weighted by Gasteiger charge is -2.46. The van der Waals surface area contributed by atoms with Crippen molar-refractivity contribution >= 4 is 11.9 Å². The summed E-state index contributed by atoms with van der Waals surface area (Å²) in [5.74, 6) is -2.02. The number of amides is 1. The van der Waals surface area contributed by atoms with E-state index in [9.17, 15) is 24.9 Å². The van der Waals surface area contributed by atoms with Gasteiger partial charge in [0, 0.05) is 25.6 Å². The molecule has 3 aliphatic heterocycles. The van der Waals surface area contributed by atoms with E-state index in [0.29, 0.717) is 19.5 Å². The predicted molar refractivity (Wildman–Crippen MR) is 76.7 cm³/mol. The Balaban J connectivity index is 1.87. The number of aliphatic hydroxyl groups excluding tert-OH is 2. The highest BCUT2D eigenvalue weighted by Gasteiger charge is 2.59. The van der Waals surface area contributed by atoms with Crippen LogP contribution in [0.3, 0.4) is 0 Å². The highest BCUT2D eigenvalue weighted by molar-refractivity contribution is 6.00. The third kappa shape index (κ3) is 2.15. The summed E-state index contributed by atoms with van der Waals surface area (Å²) in [5, 5.41) is 28.9. The predicted octanol–water partition coefficient (Wildman–Crippen LogP) is -0.751. The summed E-state index contributed by atoms with van der Waals surface area (Å²) in [4.78, 5) is 27.2. The van der Waals surface area contributed by atoms with E-state index in [0.717, 1.165) is 12.1 Å². The van der Waals surface area contributed by atoms with Gasteiger partial charge in [-0.3, -0.25) is 9.69 Å². The van der Waals surface area contributed by atoms with Crippen molar-refractivity contribution in [1.29, 1.82) is 0 Å². The molecule has 0 aliphatic carbocycles. The number of aliphatic carboxylic acids is 1. The SMILES string of the molecule is C[C@@H](O)C1C(=O)N2C(C(=O)O)=C(CN3CCC(O)C3)[C@H](C)[C@H]12. The van der Waals surface area contributed by atoms with E-state index in [2.05, 4.69) is 0 Å². The first-order valence-corrected chi connectivity index (χ1v) is 7.70. The lowest BCUT2D eigenvalue weighted by Crippen LogP contribution is -2.63. The Bertz CT molecular complexity index is 544. The van der Waals surface area contributed by atoms with Gasteiger partial charge in [-0.1, -0.05) is 6.92 Å². The molecular formula is C15H22N2O5. The Morgan fingerprint density at radius 3 is 2.64 bits per heavy atom. The molecule has 2 saturated heterocycles. The van der Waals surface area contributed by atoms with Crippen LogP contribution >= 0.6 is 0 Å². The molecule has 0 bridgehead atoms. The van der Waals surface area contributed by atoms with Gasteiger partial charge in [0.2, 0.25) is 5.91 Å². The second-order valence-electron chi connectivity index (χ2n) is 6.61. The van der Waals surface area contributed by atoms with Crippen LogP contribution in [0.4, 0.5) is 0 Å². The van der Waals surface area contributed by atoms with Gasteiger partial charge in [-0.25, -0.2) is 4.79 Å². The normalized spacial score (nSPS) is 36.5. The fraction of sp³-hybridized carbons (Fsp3) is 0.733. The zero-order valence-corrected chi connectivity index (χ0v) is 12.8. The highest BCUT2D eigenvalue weighted by Crippen LogP contribution is 2.47.